The summed E-state index contributed by atoms with van der Waals surface area (Å²) in [5.74, 6) is -2.35. The molecule has 1 aliphatic rings. The summed E-state index contributed by atoms with van der Waals surface area (Å²) < 4.78 is 33.4. The quantitative estimate of drug-likeness (QED) is 0.307. The van der Waals surface area contributed by atoms with E-state index in [2.05, 4.69) is 4.98 Å². The normalized spacial score (nSPS) is 14.1. The van der Waals surface area contributed by atoms with Crippen molar-refractivity contribution in [2.24, 2.45) is 0 Å². The van der Waals surface area contributed by atoms with Gasteiger partial charge < -0.3 is 14.6 Å². The van der Waals surface area contributed by atoms with E-state index in [-0.39, 0.29) is 40.4 Å². The number of benzene rings is 4. The molecule has 2 heterocycles. The van der Waals surface area contributed by atoms with E-state index in [1.54, 1.807) is 30.3 Å². The molecule has 0 saturated carbocycles. The maximum absolute atomic E-state index is 13.7. The second kappa shape index (κ2) is 11.9. The second-order valence-corrected chi connectivity index (χ2v) is 10.2. The zero-order chi connectivity index (χ0) is 26.9. The molecule has 0 fully saturated rings. The molecular formula is C32H20F2NNaO3S. The minimum absolute atomic E-state index is 0. The summed E-state index contributed by atoms with van der Waals surface area (Å²) in [6, 6.07) is 26.3. The fraction of sp³-hybridized carbons (Fsp3) is 0.0625. The number of carbonyl (C=O) groups is 1. The van der Waals surface area contributed by atoms with Crippen molar-refractivity contribution in [1.82, 2.24) is 4.98 Å². The zero-order valence-corrected chi connectivity index (χ0v) is 24.3. The Morgan fingerprint density at radius 1 is 0.900 bits per heavy atom. The van der Waals surface area contributed by atoms with Gasteiger partial charge in [0.25, 0.3) is 0 Å². The van der Waals surface area contributed by atoms with Gasteiger partial charge in [-0.1, -0.05) is 60.7 Å². The number of ether oxygens (including phenoxy) is 1. The van der Waals surface area contributed by atoms with Crippen LogP contribution in [-0.4, -0.2) is 11.0 Å². The van der Waals surface area contributed by atoms with Crippen LogP contribution in [0.5, 0.6) is 5.75 Å². The van der Waals surface area contributed by atoms with E-state index in [9.17, 15) is 18.7 Å². The topological polar surface area (TPSA) is 62.2 Å². The van der Waals surface area contributed by atoms with Crippen LogP contribution in [0.4, 0.5) is 8.78 Å². The first-order chi connectivity index (χ1) is 19.0. The minimum atomic E-state index is -1.22. The Balaban J connectivity index is 0.00000323. The van der Waals surface area contributed by atoms with Gasteiger partial charge in [-0.25, -0.2) is 13.8 Å². The van der Waals surface area contributed by atoms with Gasteiger partial charge >= 0.3 is 29.6 Å². The van der Waals surface area contributed by atoms with Gasteiger partial charge in [0.2, 0.25) is 0 Å². The van der Waals surface area contributed by atoms with E-state index in [1.165, 1.54) is 11.8 Å². The van der Waals surface area contributed by atoms with E-state index in [4.69, 9.17) is 4.74 Å². The minimum Gasteiger partial charge on any atom is -0.545 e. The molecule has 0 radical (unpaired) electrons. The number of carbonyl (C=O) groups excluding carboxylic acids is 1. The molecule has 1 aromatic heterocycles. The Morgan fingerprint density at radius 2 is 1.68 bits per heavy atom. The van der Waals surface area contributed by atoms with Crippen molar-refractivity contribution in [2.45, 2.75) is 16.8 Å². The predicted octanol–water partition coefficient (Wildman–Crippen LogP) is 3.83. The van der Waals surface area contributed by atoms with Crippen molar-refractivity contribution in [3.8, 4) is 5.75 Å². The summed E-state index contributed by atoms with van der Waals surface area (Å²) >= 11 is 1.44. The zero-order valence-electron chi connectivity index (χ0n) is 21.4. The number of aromatic carboxylic acids is 1. The molecule has 0 aliphatic carbocycles. The standard InChI is InChI=1S/C32H21F2NO3S.Na/c33-26-16-20-11-13-22(35-28(20)17-27(26)34)12-9-19-10-14-29-25(15-19)31(23-6-2-1-5-21(23)18-38-29)39-30-8-4-3-7-24(30)32(36)37;/h1-17,31H,18H2,(H,36,37);/q;+1/p-1/b12-9+;. The molecule has 1 aliphatic heterocycles. The molecule has 0 N–H and O–H groups in total. The van der Waals surface area contributed by atoms with Crippen LogP contribution in [0.2, 0.25) is 0 Å². The van der Waals surface area contributed by atoms with Crippen molar-refractivity contribution < 1.29 is 53.0 Å². The monoisotopic (exact) mass is 559 g/mol. The van der Waals surface area contributed by atoms with Crippen LogP contribution in [0, 0.1) is 11.6 Å². The van der Waals surface area contributed by atoms with Crippen LogP contribution in [0.15, 0.2) is 95.9 Å². The number of halogens is 2. The number of hydrogen-bond acceptors (Lipinski definition) is 5. The van der Waals surface area contributed by atoms with Crippen LogP contribution in [0.25, 0.3) is 23.1 Å². The van der Waals surface area contributed by atoms with Gasteiger partial charge in [0.15, 0.2) is 11.6 Å². The van der Waals surface area contributed by atoms with Crippen LogP contribution >= 0.6 is 11.8 Å². The summed E-state index contributed by atoms with van der Waals surface area (Å²) in [5.41, 5.74) is 4.96. The summed E-state index contributed by atoms with van der Waals surface area (Å²) in [7, 11) is 0. The van der Waals surface area contributed by atoms with Gasteiger partial charge in [0.1, 0.15) is 12.4 Å². The van der Waals surface area contributed by atoms with Gasteiger partial charge in [0.05, 0.1) is 22.4 Å². The number of aromatic nitrogens is 1. The first kappa shape index (κ1) is 28.1. The molecular weight excluding hydrogens is 539 g/mol. The van der Waals surface area contributed by atoms with Gasteiger partial charge in [0, 0.05) is 27.5 Å². The molecule has 1 atom stereocenters. The maximum atomic E-state index is 13.7. The van der Waals surface area contributed by atoms with Gasteiger partial charge in [-0.3, -0.25) is 0 Å². The molecule has 0 amide bonds. The molecule has 0 spiro atoms. The Morgan fingerprint density at radius 3 is 2.52 bits per heavy atom. The number of carboxylic acids is 1. The summed E-state index contributed by atoms with van der Waals surface area (Å²) in [5, 5.41) is 12.1. The molecule has 40 heavy (non-hydrogen) atoms. The number of pyridine rings is 1. The smallest absolute Gasteiger partial charge is 0.545 e. The first-order valence-corrected chi connectivity index (χ1v) is 13.1. The average molecular weight is 560 g/mol. The summed E-state index contributed by atoms with van der Waals surface area (Å²) in [6.45, 7) is 0.399. The largest absolute Gasteiger partial charge is 1.00 e. The molecule has 1 unspecified atom stereocenters. The van der Waals surface area contributed by atoms with Crippen LogP contribution in [0.1, 0.15) is 43.6 Å². The molecule has 0 bridgehead atoms. The fourth-order valence-corrected chi connectivity index (χ4v) is 6.01. The predicted molar refractivity (Wildman–Crippen MR) is 146 cm³/mol. The third-order valence-electron chi connectivity index (χ3n) is 6.59. The molecule has 8 heteroatoms. The second-order valence-electron chi connectivity index (χ2n) is 9.09. The molecule has 6 rings (SSSR count). The third-order valence-corrected chi connectivity index (χ3v) is 7.94. The van der Waals surface area contributed by atoms with E-state index in [1.807, 2.05) is 60.7 Å². The van der Waals surface area contributed by atoms with Crippen molar-refractivity contribution >= 4 is 40.8 Å². The maximum Gasteiger partial charge on any atom is 1.00 e. The van der Waals surface area contributed by atoms with Crippen LogP contribution < -0.4 is 39.4 Å². The summed E-state index contributed by atoms with van der Waals surface area (Å²) in [6.07, 6.45) is 3.70. The van der Waals surface area contributed by atoms with Crippen LogP contribution in [-0.2, 0) is 6.61 Å². The van der Waals surface area contributed by atoms with Gasteiger partial charge in [-0.2, -0.15) is 0 Å². The number of nitrogens with zero attached hydrogens (tertiary/aromatic N) is 1. The molecule has 192 valence electrons. The Hall–Kier alpha value is -3.49. The Labute approximate surface area is 256 Å². The molecule has 4 nitrogen and oxygen atoms in total. The number of rotatable bonds is 5. The van der Waals surface area contributed by atoms with Crippen molar-refractivity contribution in [3.63, 3.8) is 0 Å². The van der Waals surface area contributed by atoms with Gasteiger partial charge in [-0.05, 0) is 53.1 Å². The average Bonchev–Trinajstić information content (AvgIpc) is 3.09. The van der Waals surface area contributed by atoms with Crippen molar-refractivity contribution in [1.29, 1.82) is 0 Å². The SMILES string of the molecule is O=C([O-])c1ccccc1SC1c2ccccc2COc2ccc(/C=C/c3ccc4cc(F)c(F)cc4n3)cc21.[Na+]. The fourth-order valence-electron chi connectivity index (χ4n) is 4.65. The van der Waals surface area contributed by atoms with E-state index >= 15 is 0 Å². The number of thioether (sulfide) groups is 1. The van der Waals surface area contributed by atoms with Crippen LogP contribution in [0.3, 0.4) is 0 Å². The molecule has 4 aromatic carbocycles. The Kier molecular flexibility index (Phi) is 8.38. The molecule has 5 aromatic rings. The van der Waals surface area contributed by atoms with Gasteiger partial charge in [-0.15, -0.1) is 11.8 Å². The summed E-state index contributed by atoms with van der Waals surface area (Å²) in [4.78, 5) is 16.9. The van der Waals surface area contributed by atoms with Crippen molar-refractivity contribution in [2.75, 3.05) is 0 Å². The number of carboxylic acid groups (broad SMARTS) is 1. The van der Waals surface area contributed by atoms with E-state index in [0.717, 1.165) is 34.4 Å². The number of hydrogen-bond donors (Lipinski definition) is 0. The first-order valence-electron chi connectivity index (χ1n) is 12.2. The van der Waals surface area contributed by atoms with E-state index in [0.29, 0.717) is 33.8 Å². The third kappa shape index (κ3) is 5.69. The van der Waals surface area contributed by atoms with E-state index < -0.39 is 17.6 Å². The molecule has 0 saturated heterocycles. The Bertz CT molecular complexity index is 1780. The van der Waals surface area contributed by atoms with Crippen molar-refractivity contribution in [3.05, 3.63) is 136 Å². The number of fused-ring (bicyclic) bond motifs is 3.